The van der Waals surface area contributed by atoms with E-state index in [4.69, 9.17) is 10.5 Å². The monoisotopic (exact) mass is 263 g/mol. The highest BCUT2D eigenvalue weighted by atomic mass is 16.5. The Morgan fingerprint density at radius 3 is 2.42 bits per heavy atom. The lowest BCUT2D eigenvalue weighted by molar-refractivity contribution is 0.329. The molecule has 0 amide bonds. The predicted molar refractivity (Wildman–Crippen MR) is 79.4 cm³/mol. The van der Waals surface area contributed by atoms with Crippen LogP contribution in [0, 0.1) is 16.7 Å². The molecule has 1 saturated carbocycles. The number of hydrogen-bond donors (Lipinski definition) is 2. The summed E-state index contributed by atoms with van der Waals surface area (Å²) in [6.07, 6.45) is 0. The molecule has 0 aliphatic heterocycles. The molecule has 0 aromatic carbocycles. The zero-order valence-corrected chi connectivity index (χ0v) is 12.6. The molecule has 1 aliphatic rings. The third-order valence-electron chi connectivity index (χ3n) is 4.98. The second-order valence-electron chi connectivity index (χ2n) is 6.40. The van der Waals surface area contributed by atoms with Crippen LogP contribution in [0.3, 0.4) is 0 Å². The van der Waals surface area contributed by atoms with Crippen molar-refractivity contribution in [2.24, 2.45) is 16.7 Å². The summed E-state index contributed by atoms with van der Waals surface area (Å²) < 4.78 is 5.41. The van der Waals surface area contributed by atoms with Gasteiger partial charge < -0.3 is 15.8 Å². The fraction of sp³-hybridized carbons (Fsp3) is 0.667. The van der Waals surface area contributed by atoms with Crippen LogP contribution in [0.5, 0.6) is 5.88 Å². The summed E-state index contributed by atoms with van der Waals surface area (Å²) in [5.74, 6) is 2.01. The van der Waals surface area contributed by atoms with Gasteiger partial charge in [-0.25, -0.2) is 0 Å². The van der Waals surface area contributed by atoms with E-state index in [1.165, 1.54) is 0 Å². The van der Waals surface area contributed by atoms with Crippen LogP contribution >= 0.6 is 0 Å². The number of rotatable bonds is 5. The molecule has 19 heavy (non-hydrogen) atoms. The largest absolute Gasteiger partial charge is 0.476 e. The summed E-state index contributed by atoms with van der Waals surface area (Å²) >= 11 is 0. The van der Waals surface area contributed by atoms with E-state index in [1.54, 1.807) is 0 Å². The zero-order chi connectivity index (χ0) is 14.3. The van der Waals surface area contributed by atoms with Crippen LogP contribution in [0.25, 0.3) is 0 Å². The lowest BCUT2D eigenvalue weighted by Gasteiger charge is -2.10. The van der Waals surface area contributed by atoms with Gasteiger partial charge in [0.1, 0.15) is 5.82 Å². The maximum absolute atomic E-state index is 5.81. The van der Waals surface area contributed by atoms with Crippen LogP contribution in [0.4, 0.5) is 11.5 Å². The minimum Gasteiger partial charge on any atom is -0.476 e. The molecule has 1 heterocycles. The number of ether oxygens (including phenoxy) is 1. The summed E-state index contributed by atoms with van der Waals surface area (Å²) in [5, 5.41) is 3.40. The standard InChI is InChI=1S/C15H25N3O/c1-6-19-13-10(16)7-8-12(18-13)17-9-11-14(2,3)15(11,4)5/h7-8,11H,6,9,16H2,1-5H3,(H,17,18). The Kier molecular flexibility index (Phi) is 3.37. The van der Waals surface area contributed by atoms with Gasteiger partial charge in [0.25, 0.3) is 0 Å². The molecule has 106 valence electrons. The Balaban J connectivity index is 2.00. The van der Waals surface area contributed by atoms with E-state index >= 15 is 0 Å². The van der Waals surface area contributed by atoms with Crippen molar-refractivity contribution in [1.29, 1.82) is 0 Å². The van der Waals surface area contributed by atoms with Crippen molar-refractivity contribution in [2.75, 3.05) is 24.2 Å². The number of nitrogen functional groups attached to an aromatic ring is 1. The number of pyridine rings is 1. The second-order valence-corrected chi connectivity index (χ2v) is 6.40. The van der Waals surface area contributed by atoms with Gasteiger partial charge in [0.15, 0.2) is 0 Å². The first-order valence-electron chi connectivity index (χ1n) is 6.94. The number of hydrogen-bond acceptors (Lipinski definition) is 4. The molecule has 0 unspecified atom stereocenters. The molecular formula is C15H25N3O. The lowest BCUT2D eigenvalue weighted by Crippen LogP contribution is -2.10. The first-order chi connectivity index (χ1) is 8.80. The summed E-state index contributed by atoms with van der Waals surface area (Å²) in [7, 11) is 0. The fourth-order valence-electron chi connectivity index (χ4n) is 2.85. The average Bonchev–Trinajstić information content (AvgIpc) is 2.71. The molecule has 3 N–H and O–H groups in total. The minimum absolute atomic E-state index is 0.385. The van der Waals surface area contributed by atoms with E-state index in [0.29, 0.717) is 34.9 Å². The molecule has 0 radical (unpaired) electrons. The maximum atomic E-state index is 5.81. The van der Waals surface area contributed by atoms with Gasteiger partial charge in [0.2, 0.25) is 5.88 Å². The van der Waals surface area contributed by atoms with E-state index < -0.39 is 0 Å². The number of nitrogens with two attached hydrogens (primary N) is 1. The lowest BCUT2D eigenvalue weighted by atomic mass is 10.0. The van der Waals surface area contributed by atoms with Crippen molar-refractivity contribution < 1.29 is 4.74 Å². The van der Waals surface area contributed by atoms with E-state index in [2.05, 4.69) is 38.0 Å². The Hall–Kier alpha value is -1.45. The van der Waals surface area contributed by atoms with Crippen molar-refractivity contribution in [1.82, 2.24) is 4.98 Å². The highest BCUT2D eigenvalue weighted by Crippen LogP contribution is 2.68. The van der Waals surface area contributed by atoms with Gasteiger partial charge >= 0.3 is 0 Å². The smallest absolute Gasteiger partial charge is 0.239 e. The quantitative estimate of drug-likeness (QED) is 0.856. The molecule has 2 rings (SSSR count). The highest BCUT2D eigenvalue weighted by molar-refractivity contribution is 5.53. The summed E-state index contributed by atoms with van der Waals surface area (Å²) in [5.41, 5.74) is 7.17. The molecule has 0 atom stereocenters. The third kappa shape index (κ3) is 2.36. The van der Waals surface area contributed by atoms with Crippen LogP contribution in [0.1, 0.15) is 34.6 Å². The zero-order valence-electron chi connectivity index (χ0n) is 12.6. The topological polar surface area (TPSA) is 60.2 Å². The average molecular weight is 263 g/mol. The highest BCUT2D eigenvalue weighted by Gasteiger charge is 2.64. The van der Waals surface area contributed by atoms with Crippen LogP contribution in [-0.2, 0) is 0 Å². The Morgan fingerprint density at radius 2 is 1.89 bits per heavy atom. The van der Waals surface area contributed by atoms with E-state index in [9.17, 15) is 0 Å². The Bertz CT molecular complexity index is 454. The van der Waals surface area contributed by atoms with Gasteiger partial charge in [-0.15, -0.1) is 0 Å². The number of nitrogens with zero attached hydrogens (tertiary/aromatic N) is 1. The summed E-state index contributed by atoms with van der Waals surface area (Å²) in [6, 6.07) is 3.74. The fourth-order valence-corrected chi connectivity index (χ4v) is 2.85. The Labute approximate surface area is 115 Å². The molecule has 4 heteroatoms. The van der Waals surface area contributed by atoms with Crippen molar-refractivity contribution in [3.63, 3.8) is 0 Å². The van der Waals surface area contributed by atoms with Gasteiger partial charge in [-0.1, -0.05) is 27.7 Å². The van der Waals surface area contributed by atoms with Gasteiger partial charge in [0.05, 0.1) is 12.3 Å². The Morgan fingerprint density at radius 1 is 1.26 bits per heavy atom. The van der Waals surface area contributed by atoms with Crippen LogP contribution in [0.15, 0.2) is 12.1 Å². The molecule has 1 aliphatic carbocycles. The van der Waals surface area contributed by atoms with E-state index in [1.807, 2.05) is 19.1 Å². The molecule has 0 bridgehead atoms. The maximum Gasteiger partial charge on any atom is 0.239 e. The number of anilines is 2. The first-order valence-corrected chi connectivity index (χ1v) is 6.94. The number of aromatic nitrogens is 1. The SMILES string of the molecule is CCOc1nc(NCC2C(C)(C)C2(C)C)ccc1N. The van der Waals surface area contributed by atoms with Crippen molar-refractivity contribution in [3.8, 4) is 5.88 Å². The normalized spacial score (nSPS) is 20.1. The van der Waals surface area contributed by atoms with Gasteiger partial charge in [-0.2, -0.15) is 4.98 Å². The van der Waals surface area contributed by atoms with Crippen molar-refractivity contribution in [2.45, 2.75) is 34.6 Å². The second kappa shape index (κ2) is 4.58. The number of nitrogens with one attached hydrogen (secondary N) is 1. The molecular weight excluding hydrogens is 238 g/mol. The first kappa shape index (κ1) is 14.0. The summed E-state index contributed by atoms with van der Waals surface area (Å²) in [4.78, 5) is 4.40. The summed E-state index contributed by atoms with van der Waals surface area (Å²) in [6.45, 7) is 12.7. The van der Waals surface area contributed by atoms with Gasteiger partial charge in [-0.05, 0) is 35.8 Å². The molecule has 1 fully saturated rings. The van der Waals surface area contributed by atoms with Gasteiger partial charge in [0, 0.05) is 6.54 Å². The van der Waals surface area contributed by atoms with Crippen LogP contribution in [-0.4, -0.2) is 18.1 Å². The molecule has 0 spiro atoms. The molecule has 0 saturated heterocycles. The van der Waals surface area contributed by atoms with Crippen molar-refractivity contribution >= 4 is 11.5 Å². The molecule has 1 aromatic rings. The van der Waals surface area contributed by atoms with E-state index in [-0.39, 0.29) is 0 Å². The minimum atomic E-state index is 0.385. The molecule has 4 nitrogen and oxygen atoms in total. The van der Waals surface area contributed by atoms with Crippen LogP contribution in [0.2, 0.25) is 0 Å². The predicted octanol–water partition coefficient (Wildman–Crippen LogP) is 3.16. The third-order valence-corrected chi connectivity index (χ3v) is 4.98. The van der Waals surface area contributed by atoms with E-state index in [0.717, 1.165) is 12.4 Å². The van der Waals surface area contributed by atoms with Gasteiger partial charge in [-0.3, -0.25) is 0 Å². The van der Waals surface area contributed by atoms with Crippen LogP contribution < -0.4 is 15.8 Å². The van der Waals surface area contributed by atoms with Crippen molar-refractivity contribution in [3.05, 3.63) is 12.1 Å². The molecule has 1 aromatic heterocycles.